The van der Waals surface area contributed by atoms with Crippen LogP contribution >= 0.6 is 0 Å². The third kappa shape index (κ3) is 5.60. The normalized spacial score (nSPS) is 10.2. The molecular weight excluding hydrogens is 323 g/mol. The summed E-state index contributed by atoms with van der Waals surface area (Å²) in [4.78, 5) is 25.5. The fourth-order valence-electron chi connectivity index (χ4n) is 2.41. The van der Waals surface area contributed by atoms with Crippen LogP contribution in [0.25, 0.3) is 0 Å². The Labute approximate surface area is 146 Å². The topological polar surface area (TPSA) is 58.6 Å². The number of amides is 2. The number of benzene rings is 2. The number of methoxy groups -OCH3 is 1. The molecule has 5 nitrogen and oxygen atoms in total. The van der Waals surface area contributed by atoms with Crippen molar-refractivity contribution in [2.24, 2.45) is 0 Å². The SMILES string of the molecule is COc1ccccc1CCC(=O)N(C)CC(=O)Nc1cccc(F)c1. The van der Waals surface area contributed by atoms with E-state index in [1.807, 2.05) is 24.3 Å². The predicted octanol–water partition coefficient (Wildman–Crippen LogP) is 2.86. The van der Waals surface area contributed by atoms with Gasteiger partial charge in [-0.15, -0.1) is 0 Å². The number of hydrogen-bond donors (Lipinski definition) is 1. The number of anilines is 1. The van der Waals surface area contributed by atoms with Crippen LogP contribution in [0.1, 0.15) is 12.0 Å². The molecule has 0 saturated heterocycles. The fraction of sp³-hybridized carbons (Fsp3) is 0.263. The van der Waals surface area contributed by atoms with Gasteiger partial charge in [-0.1, -0.05) is 24.3 Å². The highest BCUT2D eigenvalue weighted by Gasteiger charge is 2.14. The Balaban J connectivity index is 1.84. The maximum Gasteiger partial charge on any atom is 0.243 e. The Morgan fingerprint density at radius 1 is 1.16 bits per heavy atom. The number of ether oxygens (including phenoxy) is 1. The summed E-state index contributed by atoms with van der Waals surface area (Å²) in [5, 5.41) is 2.57. The molecule has 0 heterocycles. The van der Waals surface area contributed by atoms with Gasteiger partial charge in [0.25, 0.3) is 0 Å². The average Bonchev–Trinajstić information content (AvgIpc) is 2.59. The molecular formula is C19H21FN2O3. The van der Waals surface area contributed by atoms with E-state index in [1.54, 1.807) is 20.2 Å². The van der Waals surface area contributed by atoms with Crippen molar-refractivity contribution >= 4 is 17.5 Å². The van der Waals surface area contributed by atoms with Crippen LogP contribution in [0.4, 0.5) is 10.1 Å². The average molecular weight is 344 g/mol. The highest BCUT2D eigenvalue weighted by atomic mass is 19.1. The lowest BCUT2D eigenvalue weighted by Crippen LogP contribution is -2.35. The van der Waals surface area contributed by atoms with Crippen molar-refractivity contribution < 1.29 is 18.7 Å². The number of nitrogens with zero attached hydrogens (tertiary/aromatic N) is 1. The van der Waals surface area contributed by atoms with E-state index < -0.39 is 5.82 Å². The predicted molar refractivity (Wildman–Crippen MR) is 94.0 cm³/mol. The number of likely N-dealkylation sites (N-methyl/N-ethyl adjacent to an activating group) is 1. The molecule has 0 aliphatic rings. The van der Waals surface area contributed by atoms with E-state index in [2.05, 4.69) is 5.32 Å². The van der Waals surface area contributed by atoms with E-state index in [1.165, 1.54) is 23.1 Å². The zero-order valence-corrected chi connectivity index (χ0v) is 14.3. The number of nitrogens with one attached hydrogen (secondary N) is 1. The standard InChI is InChI=1S/C19H21FN2O3/c1-22(13-18(23)21-16-8-5-7-15(20)12-16)19(24)11-10-14-6-3-4-9-17(14)25-2/h3-9,12H,10-11,13H2,1-2H3,(H,21,23). The number of halogens is 1. The Bertz CT molecular complexity index is 749. The van der Waals surface area contributed by atoms with E-state index in [0.29, 0.717) is 12.1 Å². The van der Waals surface area contributed by atoms with Crippen LogP contribution in [0.3, 0.4) is 0 Å². The first-order valence-electron chi connectivity index (χ1n) is 7.91. The van der Waals surface area contributed by atoms with Gasteiger partial charge >= 0.3 is 0 Å². The van der Waals surface area contributed by atoms with E-state index in [-0.39, 0.29) is 24.8 Å². The van der Waals surface area contributed by atoms with Gasteiger partial charge in [0.05, 0.1) is 13.7 Å². The number of hydrogen-bond acceptors (Lipinski definition) is 3. The summed E-state index contributed by atoms with van der Waals surface area (Å²) >= 11 is 0. The van der Waals surface area contributed by atoms with Crippen LogP contribution in [0.5, 0.6) is 5.75 Å². The first kappa shape index (κ1) is 18.4. The molecule has 0 spiro atoms. The molecule has 2 aromatic carbocycles. The van der Waals surface area contributed by atoms with Gasteiger partial charge in [-0.05, 0) is 36.2 Å². The van der Waals surface area contributed by atoms with Crippen molar-refractivity contribution in [3.8, 4) is 5.75 Å². The number of carbonyl (C=O) groups excluding carboxylic acids is 2. The van der Waals surface area contributed by atoms with Gasteiger partial charge in [-0.2, -0.15) is 0 Å². The lowest BCUT2D eigenvalue weighted by Gasteiger charge is -2.17. The van der Waals surface area contributed by atoms with Gasteiger partial charge in [0, 0.05) is 19.2 Å². The minimum absolute atomic E-state index is 0.0960. The number of carbonyl (C=O) groups is 2. The molecule has 2 amide bonds. The Morgan fingerprint density at radius 2 is 1.92 bits per heavy atom. The summed E-state index contributed by atoms with van der Waals surface area (Å²) in [7, 11) is 3.15. The third-order valence-electron chi connectivity index (χ3n) is 3.72. The van der Waals surface area contributed by atoms with Crippen LogP contribution in [-0.4, -0.2) is 37.4 Å². The van der Waals surface area contributed by atoms with Gasteiger partial charge in [0.15, 0.2) is 0 Å². The molecule has 1 N–H and O–H groups in total. The molecule has 0 saturated carbocycles. The maximum absolute atomic E-state index is 13.1. The lowest BCUT2D eigenvalue weighted by molar-refractivity contribution is -0.133. The van der Waals surface area contributed by atoms with Crippen LogP contribution in [0.15, 0.2) is 48.5 Å². The van der Waals surface area contributed by atoms with Gasteiger partial charge < -0.3 is 15.0 Å². The summed E-state index contributed by atoms with van der Waals surface area (Å²) < 4.78 is 18.4. The molecule has 0 unspecified atom stereocenters. The van der Waals surface area contributed by atoms with Crippen molar-refractivity contribution in [1.29, 1.82) is 0 Å². The van der Waals surface area contributed by atoms with Crippen LogP contribution in [0, 0.1) is 5.82 Å². The van der Waals surface area contributed by atoms with Gasteiger partial charge in [-0.25, -0.2) is 4.39 Å². The zero-order chi connectivity index (χ0) is 18.2. The molecule has 0 aliphatic carbocycles. The van der Waals surface area contributed by atoms with Crippen molar-refractivity contribution in [1.82, 2.24) is 4.90 Å². The van der Waals surface area contributed by atoms with Gasteiger partial charge in [0.1, 0.15) is 11.6 Å². The monoisotopic (exact) mass is 344 g/mol. The molecule has 0 aromatic heterocycles. The summed E-state index contributed by atoms with van der Waals surface area (Å²) in [5.74, 6) is -0.222. The minimum Gasteiger partial charge on any atom is -0.496 e. The summed E-state index contributed by atoms with van der Waals surface area (Å²) in [6.45, 7) is -0.0960. The highest BCUT2D eigenvalue weighted by Crippen LogP contribution is 2.19. The van der Waals surface area contributed by atoms with Gasteiger partial charge in [-0.3, -0.25) is 9.59 Å². The molecule has 0 aliphatic heterocycles. The Morgan fingerprint density at radius 3 is 2.64 bits per heavy atom. The summed E-state index contributed by atoms with van der Waals surface area (Å²) in [5.41, 5.74) is 1.30. The second-order valence-corrected chi connectivity index (χ2v) is 5.62. The van der Waals surface area contributed by atoms with E-state index in [4.69, 9.17) is 4.74 Å². The smallest absolute Gasteiger partial charge is 0.243 e. The first-order valence-corrected chi connectivity index (χ1v) is 7.91. The minimum atomic E-state index is -0.431. The van der Waals surface area contributed by atoms with Gasteiger partial charge in [0.2, 0.25) is 11.8 Å². The molecule has 2 rings (SSSR count). The molecule has 0 radical (unpaired) electrons. The van der Waals surface area contributed by atoms with Crippen LogP contribution in [-0.2, 0) is 16.0 Å². The van der Waals surface area contributed by atoms with Crippen molar-refractivity contribution in [2.75, 3.05) is 26.0 Å². The summed E-state index contributed by atoms with van der Waals surface area (Å²) in [6.07, 6.45) is 0.794. The number of aryl methyl sites for hydroxylation is 1. The number of rotatable bonds is 7. The maximum atomic E-state index is 13.1. The Kier molecular flexibility index (Phi) is 6.51. The van der Waals surface area contributed by atoms with E-state index in [9.17, 15) is 14.0 Å². The summed E-state index contributed by atoms with van der Waals surface area (Å²) in [6, 6.07) is 13.1. The molecule has 0 atom stereocenters. The van der Waals surface area contributed by atoms with E-state index in [0.717, 1.165) is 11.3 Å². The molecule has 0 fully saturated rings. The highest BCUT2D eigenvalue weighted by molar-refractivity contribution is 5.94. The lowest BCUT2D eigenvalue weighted by atomic mass is 10.1. The van der Waals surface area contributed by atoms with Crippen LogP contribution < -0.4 is 10.1 Å². The zero-order valence-electron chi connectivity index (χ0n) is 14.3. The quantitative estimate of drug-likeness (QED) is 0.840. The molecule has 25 heavy (non-hydrogen) atoms. The van der Waals surface area contributed by atoms with Crippen molar-refractivity contribution in [3.63, 3.8) is 0 Å². The fourth-order valence-corrected chi connectivity index (χ4v) is 2.41. The van der Waals surface area contributed by atoms with Crippen LogP contribution in [0.2, 0.25) is 0 Å². The molecule has 0 bridgehead atoms. The largest absolute Gasteiger partial charge is 0.496 e. The van der Waals surface area contributed by atoms with Crippen molar-refractivity contribution in [3.05, 3.63) is 59.9 Å². The third-order valence-corrected chi connectivity index (χ3v) is 3.72. The Hall–Kier alpha value is -2.89. The molecule has 2 aromatic rings. The second-order valence-electron chi connectivity index (χ2n) is 5.62. The first-order chi connectivity index (χ1) is 12.0. The second kappa shape index (κ2) is 8.82. The molecule has 132 valence electrons. The van der Waals surface area contributed by atoms with E-state index >= 15 is 0 Å². The molecule has 6 heteroatoms. The van der Waals surface area contributed by atoms with Crippen molar-refractivity contribution in [2.45, 2.75) is 12.8 Å². The number of para-hydroxylation sites is 1.